The van der Waals surface area contributed by atoms with Gasteiger partial charge in [-0.3, -0.25) is 9.59 Å². The lowest BCUT2D eigenvalue weighted by atomic mass is 9.41. The number of ether oxygens (including phenoxy) is 1. The number of methoxy groups -OCH3 is 1. The second-order valence-corrected chi connectivity index (χ2v) is 8.96. The summed E-state index contributed by atoms with van der Waals surface area (Å²) in [5, 5.41) is 18.3. The Morgan fingerprint density at radius 1 is 1.38 bits per heavy atom. The number of nitrogens with one attached hydrogen (secondary N) is 2. The summed E-state index contributed by atoms with van der Waals surface area (Å²) in [5.41, 5.74) is 0.893. The molecule has 5 atom stereocenters. The van der Waals surface area contributed by atoms with Crippen LogP contribution in [0.4, 0.5) is 5.69 Å². The molecule has 1 aromatic rings. The summed E-state index contributed by atoms with van der Waals surface area (Å²) in [7, 11) is 1.39. The number of hydrogen-bond acceptors (Lipinski definition) is 6. The van der Waals surface area contributed by atoms with Crippen LogP contribution >= 0.6 is 0 Å². The van der Waals surface area contributed by atoms with E-state index in [1.54, 1.807) is 0 Å². The van der Waals surface area contributed by atoms with Gasteiger partial charge in [0, 0.05) is 35.5 Å². The van der Waals surface area contributed by atoms with E-state index >= 15 is 0 Å². The molecule has 0 spiro atoms. The lowest BCUT2D eigenvalue weighted by Gasteiger charge is -2.64. The Kier molecular flexibility index (Phi) is 4.00. The number of aliphatic hydroxyl groups is 1. The van der Waals surface area contributed by atoms with E-state index in [9.17, 15) is 14.7 Å². The van der Waals surface area contributed by atoms with Crippen LogP contribution in [0.1, 0.15) is 38.2 Å². The highest BCUT2D eigenvalue weighted by atomic mass is 16.5. The lowest BCUT2D eigenvalue weighted by Crippen LogP contribution is -2.78. The molecule has 0 aromatic heterocycles. The van der Waals surface area contributed by atoms with E-state index in [4.69, 9.17) is 4.74 Å². The predicted octanol–water partition coefficient (Wildman–Crippen LogP) is 1.93. The molecule has 5 rings (SSSR count). The van der Waals surface area contributed by atoms with Crippen LogP contribution in [-0.2, 0) is 19.7 Å². The van der Waals surface area contributed by atoms with Crippen molar-refractivity contribution in [2.24, 2.45) is 11.3 Å². The number of hydrogen-bond donors (Lipinski definition) is 3. The number of benzene rings is 1. The average Bonchev–Trinajstić information content (AvgIpc) is 3.23. The van der Waals surface area contributed by atoms with Crippen LogP contribution in [0.15, 0.2) is 35.9 Å². The summed E-state index contributed by atoms with van der Waals surface area (Å²) in [6.45, 7) is 2.51. The van der Waals surface area contributed by atoms with Gasteiger partial charge in [-0.15, -0.1) is 0 Å². The zero-order valence-corrected chi connectivity index (χ0v) is 17.0. The van der Waals surface area contributed by atoms with E-state index in [1.807, 2.05) is 25.1 Å². The van der Waals surface area contributed by atoms with E-state index < -0.39 is 16.4 Å². The maximum absolute atomic E-state index is 13.6. The van der Waals surface area contributed by atoms with E-state index in [1.165, 1.54) is 12.7 Å². The third kappa shape index (κ3) is 1.94. The van der Waals surface area contributed by atoms with Crippen molar-refractivity contribution in [2.45, 2.75) is 49.6 Å². The molecule has 2 aliphatic carbocycles. The third-order valence-electron chi connectivity index (χ3n) is 8.41. The van der Waals surface area contributed by atoms with Gasteiger partial charge in [-0.05, 0) is 37.3 Å². The van der Waals surface area contributed by atoms with E-state index in [0.29, 0.717) is 25.8 Å². The Morgan fingerprint density at radius 3 is 2.90 bits per heavy atom. The first-order valence-corrected chi connectivity index (χ1v) is 10.5. The molecule has 2 bridgehead atoms. The van der Waals surface area contributed by atoms with Gasteiger partial charge in [0.25, 0.3) is 0 Å². The van der Waals surface area contributed by atoms with Gasteiger partial charge < -0.3 is 20.5 Å². The highest BCUT2D eigenvalue weighted by Gasteiger charge is 2.79. The summed E-state index contributed by atoms with van der Waals surface area (Å²) < 4.78 is 5.10. The van der Waals surface area contributed by atoms with Crippen molar-refractivity contribution in [3.05, 3.63) is 41.5 Å². The van der Waals surface area contributed by atoms with Gasteiger partial charge in [-0.25, -0.2) is 0 Å². The van der Waals surface area contributed by atoms with Gasteiger partial charge in [0.1, 0.15) is 5.54 Å². The average molecular weight is 396 g/mol. The Morgan fingerprint density at radius 2 is 2.17 bits per heavy atom. The smallest absolute Gasteiger partial charge is 0.306 e. The SMILES string of the molecule is CC=C1CNC2CC1C(CO)(CC(=O)OC)C13CCC(=O)C21Nc1ccccc13. The standard InChI is InChI=1S/C23H28N2O4/c1-3-14-12-24-18-10-16(14)21(13-26,11-20(28)29-2)22-9-8-19(27)23(18,22)25-17-7-5-4-6-15(17)22/h3-7,16,18,24-26H,8-13H2,1-2H3. The van der Waals surface area contributed by atoms with Crippen molar-refractivity contribution >= 4 is 17.4 Å². The highest BCUT2D eigenvalue weighted by Crippen LogP contribution is 2.72. The van der Waals surface area contributed by atoms with E-state index in [0.717, 1.165) is 11.3 Å². The number of para-hydroxylation sites is 1. The number of rotatable bonds is 3. The van der Waals surface area contributed by atoms with Crippen molar-refractivity contribution in [3.8, 4) is 0 Å². The van der Waals surface area contributed by atoms with Gasteiger partial charge in [-0.2, -0.15) is 0 Å². The molecule has 6 nitrogen and oxygen atoms in total. The minimum atomic E-state index is -0.844. The fraction of sp³-hybridized carbons (Fsp3) is 0.565. The van der Waals surface area contributed by atoms with E-state index in [2.05, 4.69) is 22.8 Å². The lowest BCUT2D eigenvalue weighted by molar-refractivity contribution is -0.156. The zero-order valence-electron chi connectivity index (χ0n) is 17.0. The molecule has 0 amide bonds. The molecule has 2 heterocycles. The minimum absolute atomic E-state index is 0.00910. The van der Waals surface area contributed by atoms with Crippen LogP contribution in [0.5, 0.6) is 0 Å². The van der Waals surface area contributed by atoms with Crippen molar-refractivity contribution in [1.82, 2.24) is 5.32 Å². The van der Waals surface area contributed by atoms with Gasteiger partial charge in [0.15, 0.2) is 5.78 Å². The van der Waals surface area contributed by atoms with Crippen LogP contribution in [0.2, 0.25) is 0 Å². The second kappa shape index (κ2) is 6.16. The zero-order chi connectivity index (χ0) is 20.4. The molecular formula is C23H28N2O4. The Bertz CT molecular complexity index is 927. The number of Topliss-reactive ketones (excluding diaryl/α,β-unsaturated/α-hetero) is 1. The predicted molar refractivity (Wildman–Crippen MR) is 109 cm³/mol. The van der Waals surface area contributed by atoms with Gasteiger partial charge in [0.05, 0.1) is 20.1 Å². The summed E-state index contributed by atoms with van der Waals surface area (Å²) in [5.74, 6) is -0.149. The minimum Gasteiger partial charge on any atom is -0.469 e. The monoisotopic (exact) mass is 396 g/mol. The number of fused-ring (bicyclic) bond motifs is 3. The maximum atomic E-state index is 13.6. The molecule has 3 N–H and O–H groups in total. The van der Waals surface area contributed by atoms with Gasteiger partial charge in [-0.1, -0.05) is 29.8 Å². The first kappa shape index (κ1) is 18.8. The first-order valence-electron chi connectivity index (χ1n) is 10.5. The molecule has 6 heteroatoms. The Hall–Kier alpha value is -2.18. The number of esters is 1. The molecule has 3 fully saturated rings. The van der Waals surface area contributed by atoms with Crippen LogP contribution in [0.3, 0.4) is 0 Å². The molecule has 1 aromatic carbocycles. The molecule has 2 aliphatic heterocycles. The topological polar surface area (TPSA) is 87.7 Å². The Balaban J connectivity index is 1.85. The summed E-state index contributed by atoms with van der Waals surface area (Å²) >= 11 is 0. The number of ketones is 1. The Labute approximate surface area is 170 Å². The van der Waals surface area contributed by atoms with Crippen LogP contribution in [-0.4, -0.2) is 48.7 Å². The number of anilines is 1. The summed E-state index contributed by atoms with van der Waals surface area (Å²) in [6, 6.07) is 7.99. The van der Waals surface area contributed by atoms with Gasteiger partial charge in [0.2, 0.25) is 0 Å². The van der Waals surface area contributed by atoms with Crippen LogP contribution < -0.4 is 10.6 Å². The number of aliphatic hydroxyl groups excluding tert-OH is 1. The molecule has 4 aliphatic rings. The largest absolute Gasteiger partial charge is 0.469 e. The van der Waals surface area contributed by atoms with Crippen molar-refractivity contribution in [3.63, 3.8) is 0 Å². The van der Waals surface area contributed by atoms with E-state index in [-0.39, 0.29) is 36.7 Å². The maximum Gasteiger partial charge on any atom is 0.306 e. The molecule has 154 valence electrons. The normalized spacial score (nSPS) is 40.8. The molecule has 2 saturated carbocycles. The molecule has 5 unspecified atom stereocenters. The molecule has 0 radical (unpaired) electrons. The first-order chi connectivity index (χ1) is 14.0. The fourth-order valence-electron chi connectivity index (χ4n) is 7.37. The number of carbonyl (C=O) groups excluding carboxylic acids is 2. The second-order valence-electron chi connectivity index (χ2n) is 8.96. The van der Waals surface area contributed by atoms with Crippen molar-refractivity contribution in [2.75, 3.05) is 25.6 Å². The van der Waals surface area contributed by atoms with Crippen molar-refractivity contribution < 1.29 is 19.4 Å². The third-order valence-corrected chi connectivity index (χ3v) is 8.41. The molecule has 29 heavy (non-hydrogen) atoms. The van der Waals surface area contributed by atoms with Crippen LogP contribution in [0.25, 0.3) is 0 Å². The fourth-order valence-corrected chi connectivity index (χ4v) is 7.37. The molecule has 1 saturated heterocycles. The highest BCUT2D eigenvalue weighted by molar-refractivity contribution is 6.01. The number of carbonyl (C=O) groups is 2. The quantitative estimate of drug-likeness (QED) is 0.535. The summed E-state index contributed by atoms with van der Waals surface area (Å²) in [4.78, 5) is 26.3. The number of allylic oxidation sites excluding steroid dienone is 1. The summed E-state index contributed by atoms with van der Waals surface area (Å²) in [6.07, 6.45) is 3.98. The van der Waals surface area contributed by atoms with Crippen LogP contribution in [0, 0.1) is 11.3 Å². The molecular weight excluding hydrogens is 368 g/mol. The van der Waals surface area contributed by atoms with Gasteiger partial charge >= 0.3 is 5.97 Å². The number of piperidine rings is 1. The van der Waals surface area contributed by atoms with Crippen molar-refractivity contribution in [1.29, 1.82) is 0 Å².